The number of hydrogen-bond acceptors (Lipinski definition) is 5. The van der Waals surface area contributed by atoms with Crippen molar-refractivity contribution in [1.82, 2.24) is 25.1 Å². The van der Waals surface area contributed by atoms with Crippen molar-refractivity contribution in [2.45, 2.75) is 82.3 Å². The Kier molecular flexibility index (Phi) is 5.24. The molecule has 0 unspecified atom stereocenters. The van der Waals surface area contributed by atoms with Crippen molar-refractivity contribution in [2.24, 2.45) is 13.0 Å². The molecule has 2 N–H and O–H groups in total. The smallest absolute Gasteiger partial charge is 0.223 e. The predicted molar refractivity (Wildman–Crippen MR) is 111 cm³/mol. The maximum atomic E-state index is 14.6. The van der Waals surface area contributed by atoms with Crippen molar-refractivity contribution in [3.8, 4) is 11.3 Å². The Morgan fingerprint density at radius 1 is 1.00 bits per heavy atom. The molecule has 5 rings (SSSR count). The molecule has 2 aromatic rings. The lowest BCUT2D eigenvalue weighted by atomic mass is 9.87. The summed E-state index contributed by atoms with van der Waals surface area (Å²) in [6.07, 6.45) is 15.1. The van der Waals surface area contributed by atoms with E-state index in [1.807, 2.05) is 11.7 Å². The molecule has 0 spiro atoms. The molecule has 0 atom stereocenters. The molecule has 0 aromatic carbocycles. The highest BCUT2D eigenvalue weighted by Gasteiger charge is 2.28. The first-order valence-corrected chi connectivity index (χ1v) is 11.2. The molecule has 3 aliphatic rings. The van der Waals surface area contributed by atoms with Gasteiger partial charge in [0.05, 0.1) is 12.4 Å². The lowest BCUT2D eigenvalue weighted by Crippen LogP contribution is -2.45. The third-order valence-electron chi connectivity index (χ3n) is 6.88. The summed E-state index contributed by atoms with van der Waals surface area (Å²) in [7, 11) is 1.93. The van der Waals surface area contributed by atoms with E-state index in [1.54, 1.807) is 6.20 Å². The van der Waals surface area contributed by atoms with Crippen LogP contribution in [0.4, 0.5) is 10.3 Å². The summed E-state index contributed by atoms with van der Waals surface area (Å²) >= 11 is 0. The summed E-state index contributed by atoms with van der Waals surface area (Å²) in [4.78, 5) is 8.78. The third kappa shape index (κ3) is 4.29. The van der Waals surface area contributed by atoms with E-state index < -0.39 is 0 Å². The van der Waals surface area contributed by atoms with Gasteiger partial charge in [0.1, 0.15) is 5.69 Å². The van der Waals surface area contributed by atoms with Gasteiger partial charge in [-0.05, 0) is 63.7 Å². The molecule has 0 aliphatic heterocycles. The van der Waals surface area contributed by atoms with Gasteiger partial charge in [0.2, 0.25) is 5.95 Å². The monoisotopic (exact) mass is 398 g/mol. The van der Waals surface area contributed by atoms with Gasteiger partial charge >= 0.3 is 0 Å². The molecule has 2 aromatic heterocycles. The SMILES string of the molecule is Cn1ncc(-c2nc(N[C@H]3CC[C@H](NC4CCC4)CC3)ncc2F)c1CC1CC1. The van der Waals surface area contributed by atoms with Crippen LogP contribution in [0.25, 0.3) is 11.3 Å². The Morgan fingerprint density at radius 2 is 1.72 bits per heavy atom. The van der Waals surface area contributed by atoms with E-state index >= 15 is 0 Å². The zero-order valence-electron chi connectivity index (χ0n) is 17.2. The number of nitrogens with one attached hydrogen (secondary N) is 2. The van der Waals surface area contributed by atoms with Crippen LogP contribution >= 0.6 is 0 Å². The minimum absolute atomic E-state index is 0.354. The van der Waals surface area contributed by atoms with Crippen LogP contribution in [-0.4, -0.2) is 37.9 Å². The number of aryl methyl sites for hydroxylation is 1. The largest absolute Gasteiger partial charge is 0.351 e. The van der Waals surface area contributed by atoms with Crippen LogP contribution in [0.1, 0.15) is 63.5 Å². The molecule has 0 saturated heterocycles. The van der Waals surface area contributed by atoms with E-state index in [1.165, 1.54) is 51.1 Å². The average Bonchev–Trinajstić information content (AvgIpc) is 3.44. The second-order valence-electron chi connectivity index (χ2n) is 9.15. The first-order valence-electron chi connectivity index (χ1n) is 11.2. The van der Waals surface area contributed by atoms with Crippen molar-refractivity contribution >= 4 is 5.95 Å². The molecular formula is C22H31FN6. The number of nitrogens with zero attached hydrogens (tertiary/aromatic N) is 4. The van der Waals surface area contributed by atoms with Crippen LogP contribution in [0, 0.1) is 11.7 Å². The fourth-order valence-corrected chi connectivity index (χ4v) is 4.62. The van der Waals surface area contributed by atoms with Crippen LogP contribution in [-0.2, 0) is 13.5 Å². The van der Waals surface area contributed by atoms with Crippen LogP contribution < -0.4 is 10.6 Å². The Hall–Kier alpha value is -2.02. The molecule has 3 saturated carbocycles. The van der Waals surface area contributed by atoms with Crippen LogP contribution in [0.15, 0.2) is 12.4 Å². The molecule has 2 heterocycles. The molecule has 0 amide bonds. The first kappa shape index (κ1) is 19.0. The average molecular weight is 399 g/mol. The number of rotatable bonds is 7. The van der Waals surface area contributed by atoms with Crippen molar-refractivity contribution in [3.05, 3.63) is 23.9 Å². The summed E-state index contributed by atoms with van der Waals surface area (Å²) in [5, 5.41) is 11.6. The lowest BCUT2D eigenvalue weighted by Gasteiger charge is -2.35. The van der Waals surface area contributed by atoms with Crippen LogP contribution in [0.5, 0.6) is 0 Å². The van der Waals surface area contributed by atoms with Gasteiger partial charge in [-0.3, -0.25) is 4.68 Å². The van der Waals surface area contributed by atoms with E-state index in [9.17, 15) is 4.39 Å². The van der Waals surface area contributed by atoms with Gasteiger partial charge in [-0.2, -0.15) is 5.10 Å². The van der Waals surface area contributed by atoms with Gasteiger partial charge in [0.15, 0.2) is 5.82 Å². The standard InChI is InChI=1S/C22H31FN6/c1-29-20(11-14-5-6-14)18(12-25-29)21-19(23)13-24-22(28-21)27-17-9-7-16(8-10-17)26-15-3-2-4-15/h12-17,26H,2-11H2,1H3,(H,24,27,28)/t16-,17-. The number of hydrogen-bond donors (Lipinski definition) is 2. The van der Waals surface area contributed by atoms with Gasteiger partial charge in [-0.15, -0.1) is 0 Å². The summed E-state index contributed by atoms with van der Waals surface area (Å²) in [6.45, 7) is 0. The topological polar surface area (TPSA) is 67.7 Å². The lowest BCUT2D eigenvalue weighted by molar-refractivity contribution is 0.260. The van der Waals surface area contributed by atoms with Gasteiger partial charge in [-0.1, -0.05) is 6.42 Å². The van der Waals surface area contributed by atoms with Gasteiger partial charge < -0.3 is 10.6 Å². The predicted octanol–water partition coefficient (Wildman–Crippen LogP) is 3.83. The van der Waals surface area contributed by atoms with E-state index in [2.05, 4.69) is 25.7 Å². The number of halogens is 1. The third-order valence-corrected chi connectivity index (χ3v) is 6.88. The molecule has 0 radical (unpaired) electrons. The summed E-state index contributed by atoms with van der Waals surface area (Å²) < 4.78 is 16.4. The van der Waals surface area contributed by atoms with E-state index in [0.29, 0.717) is 29.6 Å². The second kappa shape index (κ2) is 8.01. The second-order valence-corrected chi connectivity index (χ2v) is 9.15. The fourth-order valence-electron chi connectivity index (χ4n) is 4.62. The Bertz CT molecular complexity index is 849. The normalized spacial score (nSPS) is 25.0. The number of aromatic nitrogens is 4. The summed E-state index contributed by atoms with van der Waals surface area (Å²) in [6, 6.07) is 1.74. The molecule has 3 fully saturated rings. The van der Waals surface area contributed by atoms with Crippen molar-refractivity contribution < 1.29 is 4.39 Å². The van der Waals surface area contributed by atoms with Gasteiger partial charge in [-0.25, -0.2) is 14.4 Å². The molecule has 3 aliphatic carbocycles. The zero-order valence-corrected chi connectivity index (χ0v) is 17.2. The maximum absolute atomic E-state index is 14.6. The Balaban J connectivity index is 1.25. The van der Waals surface area contributed by atoms with E-state index in [-0.39, 0.29) is 5.82 Å². The van der Waals surface area contributed by atoms with Crippen molar-refractivity contribution in [2.75, 3.05) is 5.32 Å². The first-order chi connectivity index (χ1) is 14.2. The fraction of sp³-hybridized carbons (Fsp3) is 0.682. The molecular weight excluding hydrogens is 367 g/mol. The Labute approximate surface area is 171 Å². The van der Waals surface area contributed by atoms with Gasteiger partial charge in [0, 0.05) is 36.4 Å². The quantitative estimate of drug-likeness (QED) is 0.742. The molecule has 156 valence electrons. The summed E-state index contributed by atoms with van der Waals surface area (Å²) in [5.41, 5.74) is 2.24. The highest BCUT2D eigenvalue weighted by atomic mass is 19.1. The van der Waals surface area contributed by atoms with Gasteiger partial charge in [0.25, 0.3) is 0 Å². The number of anilines is 1. The van der Waals surface area contributed by atoms with Crippen molar-refractivity contribution in [1.29, 1.82) is 0 Å². The van der Waals surface area contributed by atoms with Crippen molar-refractivity contribution in [3.63, 3.8) is 0 Å². The zero-order chi connectivity index (χ0) is 19.8. The maximum Gasteiger partial charge on any atom is 0.223 e. The van der Waals surface area contributed by atoms with Crippen LogP contribution in [0.3, 0.4) is 0 Å². The molecule has 29 heavy (non-hydrogen) atoms. The molecule has 7 heteroatoms. The summed E-state index contributed by atoms with van der Waals surface area (Å²) in [5.74, 6) is 0.849. The highest BCUT2D eigenvalue weighted by Crippen LogP contribution is 2.36. The van der Waals surface area contributed by atoms with Crippen LogP contribution in [0.2, 0.25) is 0 Å². The van der Waals surface area contributed by atoms with E-state index in [0.717, 1.165) is 36.6 Å². The molecule has 6 nitrogen and oxygen atoms in total. The van der Waals surface area contributed by atoms with E-state index in [4.69, 9.17) is 0 Å². The molecule has 0 bridgehead atoms. The minimum atomic E-state index is -0.381. The highest BCUT2D eigenvalue weighted by molar-refractivity contribution is 5.63. The minimum Gasteiger partial charge on any atom is -0.351 e. The Morgan fingerprint density at radius 3 is 2.41 bits per heavy atom.